The van der Waals surface area contributed by atoms with Crippen molar-refractivity contribution in [3.05, 3.63) is 31.3 Å². The zero-order valence-corrected chi connectivity index (χ0v) is 10.6. The summed E-state index contributed by atoms with van der Waals surface area (Å²) in [5, 5.41) is 0. The fraction of sp³-hybridized carbons (Fsp3) is 0.286. The molecular weight excluding hydrogens is 303 g/mol. The number of hydrogen-bond acceptors (Lipinski definition) is 3. The van der Waals surface area contributed by atoms with E-state index >= 15 is 0 Å². The minimum atomic E-state index is -0.644. The van der Waals surface area contributed by atoms with Crippen LogP contribution in [0.1, 0.15) is 0 Å². The molecule has 16 heavy (non-hydrogen) atoms. The van der Waals surface area contributed by atoms with Gasteiger partial charge < -0.3 is 0 Å². The van der Waals surface area contributed by atoms with Crippen molar-refractivity contribution in [1.82, 2.24) is 16.8 Å². The Morgan fingerprint density at radius 3 is 2.19 bits per heavy atom. The predicted octanol–water partition coefficient (Wildman–Crippen LogP) is -0.640. The van der Waals surface area contributed by atoms with Crippen LogP contribution in [0.3, 0.4) is 0 Å². The Morgan fingerprint density at radius 1 is 1.06 bits per heavy atom. The van der Waals surface area contributed by atoms with Crippen molar-refractivity contribution >= 4 is 39.1 Å². The summed E-state index contributed by atoms with van der Waals surface area (Å²) in [6.07, 6.45) is 0. The van der Waals surface area contributed by atoms with Gasteiger partial charge in [0, 0.05) is 25.9 Å². The molecule has 2 aromatic rings. The third kappa shape index (κ3) is 1.17. The highest BCUT2D eigenvalue weighted by molar-refractivity contribution is 9.08. The number of imidazole rings is 1. The van der Waals surface area contributed by atoms with Gasteiger partial charge in [-0.25, -0.2) is 13.2 Å². The average Bonchev–Trinajstić information content (AvgIpc) is 2.48. The second-order valence-corrected chi connectivity index (χ2v) is 4.27. The molecule has 0 saturated heterocycles. The molecule has 0 aromatic carbocycles. The van der Waals surface area contributed by atoms with E-state index in [1.165, 1.54) is 14.1 Å². The van der Waals surface area contributed by atoms with E-state index in [1.54, 1.807) is 0 Å². The normalized spacial score (nSPS) is 11.2. The summed E-state index contributed by atoms with van der Waals surface area (Å²) >= 11 is 8.61. The molecule has 0 aliphatic rings. The first-order valence-electron chi connectivity index (χ1n) is 4.13. The average molecular weight is 310 g/mol. The summed E-state index contributed by atoms with van der Waals surface area (Å²) in [5.74, 6) is 0. The van der Waals surface area contributed by atoms with E-state index in [1.807, 2.05) is 0 Å². The summed E-state index contributed by atoms with van der Waals surface area (Å²) in [4.78, 5) is 34.9. The van der Waals surface area contributed by atoms with Gasteiger partial charge in [-0.05, 0) is 0 Å². The summed E-state index contributed by atoms with van der Waals surface area (Å²) in [7, 11) is 2.76. The number of nitrogens with zero attached hydrogens (tertiary/aromatic N) is 4. The van der Waals surface area contributed by atoms with E-state index in [0.29, 0.717) is 4.09 Å². The maximum Gasteiger partial charge on any atom is 0.355 e. The van der Waals surface area contributed by atoms with Gasteiger partial charge >= 0.3 is 11.4 Å². The Morgan fingerprint density at radius 2 is 1.62 bits per heavy atom. The first kappa shape index (κ1) is 11.2. The van der Waals surface area contributed by atoms with E-state index in [-0.39, 0.29) is 11.2 Å². The van der Waals surface area contributed by atoms with E-state index in [9.17, 15) is 14.4 Å². The molecule has 0 saturated carbocycles. The molecule has 0 radical (unpaired) electrons. The summed E-state index contributed by atoms with van der Waals surface area (Å²) in [6, 6.07) is 0. The number of rotatable bonds is 0. The molecule has 0 atom stereocenters. The van der Waals surface area contributed by atoms with Gasteiger partial charge in [0.15, 0.2) is 11.2 Å². The lowest BCUT2D eigenvalue weighted by Gasteiger charge is -2.03. The second-order valence-electron chi connectivity index (χ2n) is 3.22. The van der Waals surface area contributed by atoms with E-state index in [2.05, 4.69) is 16.1 Å². The molecule has 86 valence electrons. The Balaban J connectivity index is 3.36. The van der Waals surface area contributed by atoms with Gasteiger partial charge in [0.1, 0.15) is 0 Å². The van der Waals surface area contributed by atoms with Gasteiger partial charge in [0.2, 0.25) is 0 Å². The molecule has 2 rings (SSSR count). The molecule has 0 spiro atoms. The fourth-order valence-electron chi connectivity index (χ4n) is 1.48. The molecule has 9 heteroatoms. The van der Waals surface area contributed by atoms with Gasteiger partial charge in [-0.3, -0.25) is 13.9 Å². The highest BCUT2D eigenvalue weighted by Gasteiger charge is 2.19. The van der Waals surface area contributed by atoms with Crippen LogP contribution in [0, 0.1) is 0 Å². The molecule has 0 bridgehead atoms. The van der Waals surface area contributed by atoms with Gasteiger partial charge in [-0.15, -0.1) is 0 Å². The number of aromatic nitrogens is 4. The van der Waals surface area contributed by atoms with Crippen LogP contribution in [0.15, 0.2) is 14.4 Å². The Kier molecular flexibility index (Phi) is 2.35. The summed E-state index contributed by atoms with van der Waals surface area (Å²) < 4.78 is 3.68. The van der Waals surface area contributed by atoms with Crippen LogP contribution in [0.2, 0.25) is 0 Å². The molecule has 2 aromatic heterocycles. The number of hydrogen-bond donors (Lipinski definition) is 0. The standard InChI is InChI=1S/C7H6BrClN4O3/c1-10-4-3(5(14)11(2)6(10)15)13(9)7(16)12(4)8/h1-2H3. The van der Waals surface area contributed by atoms with E-state index in [4.69, 9.17) is 11.8 Å². The largest absolute Gasteiger partial charge is 0.355 e. The van der Waals surface area contributed by atoms with Gasteiger partial charge in [0.25, 0.3) is 5.56 Å². The first-order valence-corrected chi connectivity index (χ1v) is 5.18. The van der Waals surface area contributed by atoms with Crippen molar-refractivity contribution < 1.29 is 0 Å². The topological polar surface area (TPSA) is 70.9 Å². The lowest BCUT2D eigenvalue weighted by molar-refractivity contribution is 0.707. The molecule has 2 heterocycles. The van der Waals surface area contributed by atoms with Crippen molar-refractivity contribution in [1.29, 1.82) is 0 Å². The predicted molar refractivity (Wildman–Crippen MR) is 62.3 cm³/mol. The molecule has 0 unspecified atom stereocenters. The smallest absolute Gasteiger partial charge is 0.280 e. The molecule has 0 fully saturated rings. The van der Waals surface area contributed by atoms with Gasteiger partial charge in [-0.2, -0.15) is 4.09 Å². The van der Waals surface area contributed by atoms with Crippen molar-refractivity contribution in [2.75, 3.05) is 0 Å². The van der Waals surface area contributed by atoms with Gasteiger partial charge in [0.05, 0.1) is 16.1 Å². The summed E-state index contributed by atoms with van der Waals surface area (Å²) in [5.41, 5.74) is -1.73. The molecule has 0 aliphatic heterocycles. The second kappa shape index (κ2) is 3.36. The van der Waals surface area contributed by atoms with Crippen LogP contribution in [0.4, 0.5) is 0 Å². The maximum atomic E-state index is 11.8. The zero-order valence-electron chi connectivity index (χ0n) is 8.27. The third-order valence-electron chi connectivity index (χ3n) is 2.33. The van der Waals surface area contributed by atoms with Crippen LogP contribution in [-0.2, 0) is 14.1 Å². The van der Waals surface area contributed by atoms with Gasteiger partial charge in [-0.1, -0.05) is 0 Å². The lowest BCUT2D eigenvalue weighted by Crippen LogP contribution is -2.37. The highest BCUT2D eigenvalue weighted by Crippen LogP contribution is 2.09. The van der Waals surface area contributed by atoms with E-state index in [0.717, 1.165) is 12.7 Å². The van der Waals surface area contributed by atoms with Crippen LogP contribution in [0.5, 0.6) is 0 Å². The SMILES string of the molecule is Cn1c(=O)c2c(n(C)c1=O)n(Br)c(=O)n2Cl. The van der Waals surface area contributed by atoms with E-state index < -0.39 is 16.9 Å². The molecule has 0 amide bonds. The molecule has 7 nitrogen and oxygen atoms in total. The van der Waals surface area contributed by atoms with Crippen LogP contribution < -0.4 is 16.9 Å². The number of aryl methyl sites for hydroxylation is 1. The monoisotopic (exact) mass is 308 g/mol. The summed E-state index contributed by atoms with van der Waals surface area (Å²) in [6.45, 7) is 0. The maximum absolute atomic E-state index is 11.8. The fourth-order valence-corrected chi connectivity index (χ4v) is 2.35. The molecule has 0 aliphatic carbocycles. The third-order valence-corrected chi connectivity index (χ3v) is 3.28. The quantitative estimate of drug-likeness (QED) is 0.650. The zero-order chi connectivity index (χ0) is 12.2. The van der Waals surface area contributed by atoms with Crippen molar-refractivity contribution in [3.8, 4) is 0 Å². The van der Waals surface area contributed by atoms with Crippen molar-refractivity contribution in [2.24, 2.45) is 14.1 Å². The Labute approximate surface area is 102 Å². The van der Waals surface area contributed by atoms with Crippen LogP contribution in [0.25, 0.3) is 11.2 Å². The van der Waals surface area contributed by atoms with Crippen molar-refractivity contribution in [3.63, 3.8) is 0 Å². The molecular formula is C7H6BrClN4O3. The number of fused-ring (bicyclic) bond motifs is 1. The minimum Gasteiger partial charge on any atom is -0.280 e. The molecule has 0 N–H and O–H groups in total. The lowest BCUT2D eigenvalue weighted by atomic mass is 10.5. The highest BCUT2D eigenvalue weighted by atomic mass is 79.9. The van der Waals surface area contributed by atoms with Crippen LogP contribution in [-0.4, -0.2) is 16.8 Å². The van der Waals surface area contributed by atoms with Crippen molar-refractivity contribution in [2.45, 2.75) is 0 Å². The Hall–Kier alpha value is -1.28. The van der Waals surface area contributed by atoms with Crippen LogP contribution >= 0.6 is 27.9 Å². The minimum absolute atomic E-state index is 0.0480. The number of halogens is 2. The first-order chi connectivity index (χ1) is 7.37. The Bertz CT molecular complexity index is 765.